The van der Waals surface area contributed by atoms with Gasteiger partial charge in [-0.05, 0) is 0 Å². The summed E-state index contributed by atoms with van der Waals surface area (Å²) in [5.41, 5.74) is 5.20. The molecule has 4 N–H and O–H groups in total. The van der Waals surface area contributed by atoms with Crippen LogP contribution in [0.1, 0.15) is 0 Å². The summed E-state index contributed by atoms with van der Waals surface area (Å²) in [7, 11) is 0. The van der Waals surface area contributed by atoms with Gasteiger partial charge in [0.05, 0.1) is 11.8 Å². The van der Waals surface area contributed by atoms with Crippen LogP contribution >= 0.6 is 11.8 Å². The highest BCUT2D eigenvalue weighted by atomic mass is 32.2. The molecule has 0 rings (SSSR count). The van der Waals surface area contributed by atoms with Crippen molar-refractivity contribution in [2.75, 3.05) is 24.7 Å². The van der Waals surface area contributed by atoms with Gasteiger partial charge < -0.3 is 25.8 Å². The number of Topliss-reactive ketones (excluding diaryl/α,β-unsaturated/α-hetero) is 1. The van der Waals surface area contributed by atoms with Crippen molar-refractivity contribution in [1.29, 1.82) is 0 Å². The largest absolute Gasteiger partial charge is 0.480 e. The Hall–Kier alpha value is -2.68. The van der Waals surface area contributed by atoms with Gasteiger partial charge in [-0.15, -0.1) is 20.2 Å². The molecule has 14 nitrogen and oxygen atoms in total. The van der Waals surface area contributed by atoms with E-state index < -0.39 is 58.9 Å². The highest BCUT2D eigenvalue weighted by Gasteiger charge is 2.21. The Morgan fingerprint density at radius 1 is 1.17 bits per heavy atom. The molecule has 1 amide bonds. The summed E-state index contributed by atoms with van der Waals surface area (Å²) < 4.78 is 0. The summed E-state index contributed by atoms with van der Waals surface area (Å²) in [5, 5.41) is 28.3. The standard InChI is InChI=1S/C9H14N4O10S/c10-6(9(16)17)3-24-4-7(14)8(15)11-5(1-22-12(18)19)2-23-13(20)21/h5-6H,1-4,10H2,(H,11,15)(H,16,17)/t6-/m0/s1. The predicted octanol–water partition coefficient (Wildman–Crippen LogP) is -2.40. The van der Waals surface area contributed by atoms with Crippen LogP contribution in [0.15, 0.2) is 0 Å². The number of carbonyl (C=O) groups excluding carboxylic acids is 2. The number of aliphatic carboxylic acids is 1. The second-order valence-corrected chi connectivity index (χ2v) is 5.12. The maximum Gasteiger partial charge on any atom is 0.321 e. The number of nitrogens with two attached hydrogens (primary N) is 1. The molecule has 0 fully saturated rings. The van der Waals surface area contributed by atoms with E-state index in [-0.39, 0.29) is 5.75 Å². The monoisotopic (exact) mass is 370 g/mol. The van der Waals surface area contributed by atoms with Crippen LogP contribution in [0.3, 0.4) is 0 Å². The third-order valence-corrected chi connectivity index (χ3v) is 3.26. The third-order valence-electron chi connectivity index (χ3n) is 2.20. The molecular formula is C9H14N4O10S. The number of amides is 1. The Labute approximate surface area is 137 Å². The number of carbonyl (C=O) groups is 3. The fourth-order valence-corrected chi connectivity index (χ4v) is 1.95. The molecule has 136 valence electrons. The number of thioether (sulfide) groups is 1. The fourth-order valence-electron chi connectivity index (χ4n) is 1.11. The quantitative estimate of drug-likeness (QED) is 0.176. The lowest BCUT2D eigenvalue weighted by atomic mass is 10.3. The summed E-state index contributed by atoms with van der Waals surface area (Å²) in [5.74, 6) is -3.95. The maximum atomic E-state index is 11.6. The second-order valence-electron chi connectivity index (χ2n) is 4.09. The van der Waals surface area contributed by atoms with E-state index in [1.807, 2.05) is 5.32 Å². The van der Waals surface area contributed by atoms with E-state index in [2.05, 4.69) is 9.68 Å². The zero-order valence-electron chi connectivity index (χ0n) is 12.0. The van der Waals surface area contributed by atoms with Gasteiger partial charge in [0.2, 0.25) is 5.78 Å². The molecule has 0 unspecified atom stereocenters. The Morgan fingerprint density at radius 2 is 1.67 bits per heavy atom. The number of rotatable bonds is 13. The minimum absolute atomic E-state index is 0.118. The second kappa shape index (κ2) is 10.9. The lowest BCUT2D eigenvalue weighted by Crippen LogP contribution is -2.46. The first-order valence-corrected chi connectivity index (χ1v) is 7.23. The van der Waals surface area contributed by atoms with Crippen LogP contribution in [0.4, 0.5) is 0 Å². The van der Waals surface area contributed by atoms with Gasteiger partial charge >= 0.3 is 5.97 Å². The molecule has 24 heavy (non-hydrogen) atoms. The first kappa shape index (κ1) is 21.3. The lowest BCUT2D eigenvalue weighted by Gasteiger charge is -2.15. The fraction of sp³-hybridized carbons (Fsp3) is 0.667. The molecule has 0 saturated heterocycles. The minimum Gasteiger partial charge on any atom is -0.480 e. The molecule has 0 saturated carbocycles. The SMILES string of the molecule is N[C@@H](CSCC(=O)C(=O)NC(CO[N+](=O)[O-])CO[N+](=O)[O-])C(=O)O. The highest BCUT2D eigenvalue weighted by molar-refractivity contribution is 8.00. The normalized spacial score (nSPS) is 11.4. The van der Waals surface area contributed by atoms with Gasteiger partial charge in [-0.3, -0.25) is 14.4 Å². The first-order chi connectivity index (χ1) is 11.1. The zero-order chi connectivity index (χ0) is 18.7. The molecule has 0 aromatic carbocycles. The predicted molar refractivity (Wildman–Crippen MR) is 75.8 cm³/mol. The van der Waals surface area contributed by atoms with Crippen molar-refractivity contribution < 1.29 is 39.3 Å². The maximum absolute atomic E-state index is 11.6. The van der Waals surface area contributed by atoms with Gasteiger partial charge in [0, 0.05) is 5.75 Å². The molecule has 0 heterocycles. The molecule has 1 atom stereocenters. The third kappa shape index (κ3) is 10.1. The van der Waals surface area contributed by atoms with Crippen molar-refractivity contribution in [3.05, 3.63) is 20.2 Å². The summed E-state index contributed by atoms with van der Waals surface area (Å²) in [6, 6.07) is -2.52. The highest BCUT2D eigenvalue weighted by Crippen LogP contribution is 2.02. The van der Waals surface area contributed by atoms with Gasteiger partial charge in [-0.25, -0.2) is 0 Å². The molecule has 0 spiro atoms. The average molecular weight is 370 g/mol. The Kier molecular flexibility index (Phi) is 9.73. The van der Waals surface area contributed by atoms with E-state index in [4.69, 9.17) is 10.8 Å². The molecule has 0 aromatic rings. The van der Waals surface area contributed by atoms with E-state index in [0.717, 1.165) is 11.8 Å². The molecule has 0 radical (unpaired) electrons. The topological polar surface area (TPSA) is 214 Å². The zero-order valence-corrected chi connectivity index (χ0v) is 12.8. The van der Waals surface area contributed by atoms with E-state index in [1.165, 1.54) is 0 Å². The lowest BCUT2D eigenvalue weighted by molar-refractivity contribution is -0.766. The first-order valence-electron chi connectivity index (χ1n) is 6.08. The summed E-state index contributed by atoms with van der Waals surface area (Å²) >= 11 is 0.795. The van der Waals surface area contributed by atoms with Gasteiger partial charge in [0.25, 0.3) is 16.1 Å². The van der Waals surface area contributed by atoms with Crippen molar-refractivity contribution in [2.24, 2.45) is 5.73 Å². The number of hydrogen-bond donors (Lipinski definition) is 3. The van der Waals surface area contributed by atoms with Crippen molar-refractivity contribution in [1.82, 2.24) is 5.32 Å². The number of ketones is 1. The van der Waals surface area contributed by atoms with Gasteiger partial charge in [0.1, 0.15) is 19.3 Å². The van der Waals surface area contributed by atoms with Crippen molar-refractivity contribution in [2.45, 2.75) is 12.1 Å². The number of nitrogens with one attached hydrogen (secondary N) is 1. The number of carboxylic acids is 1. The summed E-state index contributed by atoms with van der Waals surface area (Å²) in [6.07, 6.45) is 0. The van der Waals surface area contributed by atoms with Crippen molar-refractivity contribution in [3.63, 3.8) is 0 Å². The molecule has 0 bridgehead atoms. The van der Waals surface area contributed by atoms with E-state index in [0.29, 0.717) is 0 Å². The molecular weight excluding hydrogens is 356 g/mol. The van der Waals surface area contributed by atoms with Crippen LogP contribution in [0.5, 0.6) is 0 Å². The van der Waals surface area contributed by atoms with E-state index >= 15 is 0 Å². The van der Waals surface area contributed by atoms with Crippen molar-refractivity contribution in [3.8, 4) is 0 Å². The number of hydrogen-bond acceptors (Lipinski definition) is 11. The van der Waals surface area contributed by atoms with Gasteiger partial charge in [-0.2, -0.15) is 11.8 Å². The molecule has 0 aliphatic heterocycles. The van der Waals surface area contributed by atoms with Crippen LogP contribution in [-0.2, 0) is 24.1 Å². The minimum atomic E-state index is -1.32. The van der Waals surface area contributed by atoms with Crippen LogP contribution in [0.25, 0.3) is 0 Å². The van der Waals surface area contributed by atoms with Gasteiger partial charge in [-0.1, -0.05) is 0 Å². The Bertz CT molecular complexity index is 483. The van der Waals surface area contributed by atoms with Crippen LogP contribution in [0.2, 0.25) is 0 Å². The van der Waals surface area contributed by atoms with E-state index in [9.17, 15) is 34.6 Å². The Morgan fingerprint density at radius 3 is 2.08 bits per heavy atom. The molecule has 15 heteroatoms. The molecule has 0 aromatic heterocycles. The average Bonchev–Trinajstić information content (AvgIpc) is 2.48. The Balaban J connectivity index is 4.39. The van der Waals surface area contributed by atoms with Gasteiger partial charge in [0.15, 0.2) is 0 Å². The molecule has 0 aliphatic carbocycles. The summed E-state index contributed by atoms with van der Waals surface area (Å²) in [4.78, 5) is 61.7. The smallest absolute Gasteiger partial charge is 0.321 e. The summed E-state index contributed by atoms with van der Waals surface area (Å²) in [6.45, 7) is -1.53. The van der Waals surface area contributed by atoms with E-state index in [1.54, 1.807) is 0 Å². The van der Waals surface area contributed by atoms with Crippen LogP contribution in [-0.4, -0.2) is 69.7 Å². The number of nitrogens with zero attached hydrogens (tertiary/aromatic N) is 2. The van der Waals surface area contributed by atoms with Crippen LogP contribution < -0.4 is 11.1 Å². The van der Waals surface area contributed by atoms with Crippen molar-refractivity contribution >= 4 is 29.4 Å². The molecule has 0 aliphatic rings. The van der Waals surface area contributed by atoms with Crippen LogP contribution in [0, 0.1) is 20.2 Å². The number of carboxylic acid groups (broad SMARTS) is 1.